The van der Waals surface area contributed by atoms with E-state index in [0.29, 0.717) is 13.0 Å². The number of carbonyl (C=O) groups is 1. The second kappa shape index (κ2) is 8.57. The van der Waals surface area contributed by atoms with Gasteiger partial charge in [0.2, 0.25) is 0 Å². The summed E-state index contributed by atoms with van der Waals surface area (Å²) in [6.45, 7) is 6.30. The topological polar surface area (TPSA) is 26.3 Å². The van der Waals surface area contributed by atoms with Crippen molar-refractivity contribution < 1.29 is 9.53 Å². The zero-order valence-corrected chi connectivity index (χ0v) is 7.97. The van der Waals surface area contributed by atoms with Crippen molar-refractivity contribution in [1.29, 1.82) is 0 Å². The normalized spacial score (nSPS) is 9.83. The second-order valence-electron chi connectivity index (χ2n) is 2.88. The zero-order chi connectivity index (χ0) is 9.23. The fourth-order valence-corrected chi connectivity index (χ4v) is 0.918. The fourth-order valence-electron chi connectivity index (χ4n) is 0.918. The molecule has 0 saturated carbocycles. The van der Waals surface area contributed by atoms with Gasteiger partial charge >= 0.3 is 5.97 Å². The first-order valence-corrected chi connectivity index (χ1v) is 4.76. The lowest BCUT2D eigenvalue weighted by atomic mass is 10.2. The fraction of sp³-hybridized carbons (Fsp3) is 0.800. The van der Waals surface area contributed by atoms with Crippen LogP contribution in [0.2, 0.25) is 0 Å². The van der Waals surface area contributed by atoms with Crippen LogP contribution >= 0.6 is 0 Å². The largest absolute Gasteiger partial charge is 0.466 e. The van der Waals surface area contributed by atoms with Crippen LogP contribution in [0.5, 0.6) is 0 Å². The maximum atomic E-state index is 10.8. The van der Waals surface area contributed by atoms with E-state index in [2.05, 4.69) is 6.92 Å². The molecular weight excluding hydrogens is 152 g/mol. The molecule has 0 amide bonds. The summed E-state index contributed by atoms with van der Waals surface area (Å²) in [5.74, 6) is -0.0628. The van der Waals surface area contributed by atoms with Crippen molar-refractivity contribution >= 4 is 5.97 Å². The summed E-state index contributed by atoms with van der Waals surface area (Å²) in [4.78, 5) is 10.8. The van der Waals surface area contributed by atoms with Crippen LogP contribution in [0, 0.1) is 6.92 Å². The molecule has 0 rings (SSSR count). The molecule has 0 bridgehead atoms. The Labute approximate surface area is 75.3 Å². The maximum Gasteiger partial charge on any atom is 0.305 e. The van der Waals surface area contributed by atoms with Crippen LogP contribution in [0.1, 0.15) is 45.4 Å². The van der Waals surface area contributed by atoms with E-state index in [1.807, 2.05) is 6.92 Å². The average molecular weight is 171 g/mol. The summed E-state index contributed by atoms with van der Waals surface area (Å²) >= 11 is 0. The SMILES string of the molecule is [CH2]CCCCCOC(=O)CCC. The van der Waals surface area contributed by atoms with Crippen molar-refractivity contribution in [2.75, 3.05) is 6.61 Å². The molecule has 0 spiro atoms. The molecular formula is C10H19O2. The van der Waals surface area contributed by atoms with Crippen LogP contribution in [0.25, 0.3) is 0 Å². The highest BCUT2D eigenvalue weighted by Gasteiger charge is 1.98. The number of hydrogen-bond donors (Lipinski definition) is 0. The van der Waals surface area contributed by atoms with Crippen molar-refractivity contribution in [2.24, 2.45) is 0 Å². The molecule has 0 aliphatic rings. The van der Waals surface area contributed by atoms with Crippen LogP contribution < -0.4 is 0 Å². The van der Waals surface area contributed by atoms with E-state index < -0.39 is 0 Å². The maximum absolute atomic E-state index is 10.8. The number of rotatable bonds is 7. The van der Waals surface area contributed by atoms with Gasteiger partial charge in [0.25, 0.3) is 0 Å². The van der Waals surface area contributed by atoms with Gasteiger partial charge in [0.15, 0.2) is 0 Å². The number of esters is 1. The van der Waals surface area contributed by atoms with Gasteiger partial charge in [0.05, 0.1) is 6.61 Å². The summed E-state index contributed by atoms with van der Waals surface area (Å²) in [6.07, 6.45) is 5.62. The highest BCUT2D eigenvalue weighted by atomic mass is 16.5. The minimum atomic E-state index is -0.0628. The van der Waals surface area contributed by atoms with E-state index in [9.17, 15) is 4.79 Å². The number of ether oxygens (including phenoxy) is 1. The smallest absolute Gasteiger partial charge is 0.305 e. The quantitative estimate of drug-likeness (QED) is 0.435. The Bertz CT molecular complexity index is 110. The van der Waals surface area contributed by atoms with E-state index in [-0.39, 0.29) is 5.97 Å². The van der Waals surface area contributed by atoms with E-state index in [0.717, 1.165) is 32.1 Å². The molecule has 1 radical (unpaired) electrons. The van der Waals surface area contributed by atoms with Crippen LogP contribution in [0.3, 0.4) is 0 Å². The monoisotopic (exact) mass is 171 g/mol. The van der Waals surface area contributed by atoms with Gasteiger partial charge in [-0.1, -0.05) is 33.1 Å². The van der Waals surface area contributed by atoms with Crippen LogP contribution in [0.15, 0.2) is 0 Å². The lowest BCUT2D eigenvalue weighted by molar-refractivity contribution is -0.143. The Balaban J connectivity index is 3.03. The van der Waals surface area contributed by atoms with Gasteiger partial charge in [-0.05, 0) is 12.8 Å². The molecule has 0 aliphatic heterocycles. The molecule has 0 N–H and O–H groups in total. The molecule has 0 aromatic heterocycles. The van der Waals surface area contributed by atoms with Crippen molar-refractivity contribution in [2.45, 2.75) is 45.4 Å². The summed E-state index contributed by atoms with van der Waals surface area (Å²) in [5.41, 5.74) is 0. The van der Waals surface area contributed by atoms with Gasteiger partial charge in [-0.3, -0.25) is 4.79 Å². The molecule has 0 aromatic carbocycles. The summed E-state index contributed by atoms with van der Waals surface area (Å²) in [6, 6.07) is 0. The first-order valence-electron chi connectivity index (χ1n) is 4.76. The third-order valence-electron chi connectivity index (χ3n) is 1.61. The number of hydrogen-bond acceptors (Lipinski definition) is 2. The predicted octanol–water partition coefficient (Wildman–Crippen LogP) is 2.72. The summed E-state index contributed by atoms with van der Waals surface area (Å²) < 4.78 is 4.97. The van der Waals surface area contributed by atoms with Crippen LogP contribution in [-0.4, -0.2) is 12.6 Å². The molecule has 0 fully saturated rings. The van der Waals surface area contributed by atoms with Gasteiger partial charge < -0.3 is 4.74 Å². The van der Waals surface area contributed by atoms with Crippen LogP contribution in [0.4, 0.5) is 0 Å². The van der Waals surface area contributed by atoms with E-state index >= 15 is 0 Å². The summed E-state index contributed by atoms with van der Waals surface area (Å²) in [7, 11) is 0. The van der Waals surface area contributed by atoms with E-state index in [4.69, 9.17) is 4.74 Å². The van der Waals surface area contributed by atoms with Crippen molar-refractivity contribution in [1.82, 2.24) is 0 Å². The van der Waals surface area contributed by atoms with Gasteiger partial charge in [-0.25, -0.2) is 0 Å². The molecule has 2 nitrogen and oxygen atoms in total. The molecule has 0 aromatic rings. The van der Waals surface area contributed by atoms with Gasteiger partial charge in [-0.2, -0.15) is 0 Å². The molecule has 0 unspecified atom stereocenters. The molecule has 12 heavy (non-hydrogen) atoms. The van der Waals surface area contributed by atoms with Gasteiger partial charge in [0.1, 0.15) is 0 Å². The average Bonchev–Trinajstić information content (AvgIpc) is 2.05. The molecule has 2 heteroatoms. The molecule has 0 saturated heterocycles. The van der Waals surface area contributed by atoms with Gasteiger partial charge in [0, 0.05) is 6.42 Å². The molecule has 0 heterocycles. The molecule has 0 atom stereocenters. The Morgan fingerprint density at radius 3 is 2.67 bits per heavy atom. The Morgan fingerprint density at radius 1 is 1.33 bits per heavy atom. The standard InChI is InChI=1S/C10H19O2/c1-3-5-6-7-9-12-10(11)8-4-2/h1,3-9H2,2H3. The Morgan fingerprint density at radius 2 is 2.08 bits per heavy atom. The highest BCUT2D eigenvalue weighted by molar-refractivity contribution is 5.69. The van der Waals surface area contributed by atoms with E-state index in [1.165, 1.54) is 0 Å². The third kappa shape index (κ3) is 7.58. The zero-order valence-electron chi connectivity index (χ0n) is 7.97. The molecule has 0 aliphatic carbocycles. The van der Waals surface area contributed by atoms with Crippen molar-refractivity contribution in [3.05, 3.63) is 6.92 Å². The van der Waals surface area contributed by atoms with Crippen molar-refractivity contribution in [3.8, 4) is 0 Å². The predicted molar refractivity (Wildman–Crippen MR) is 49.7 cm³/mol. The minimum Gasteiger partial charge on any atom is -0.466 e. The Kier molecular flexibility index (Phi) is 8.19. The van der Waals surface area contributed by atoms with Crippen molar-refractivity contribution in [3.63, 3.8) is 0 Å². The lowest BCUT2D eigenvalue weighted by Crippen LogP contribution is -2.04. The summed E-state index contributed by atoms with van der Waals surface area (Å²) in [5, 5.41) is 0. The Hall–Kier alpha value is -0.530. The lowest BCUT2D eigenvalue weighted by Gasteiger charge is -2.02. The second-order valence-corrected chi connectivity index (χ2v) is 2.88. The first-order chi connectivity index (χ1) is 5.81. The third-order valence-corrected chi connectivity index (χ3v) is 1.61. The van der Waals surface area contributed by atoms with Gasteiger partial charge in [-0.15, -0.1) is 0 Å². The first kappa shape index (κ1) is 11.5. The highest BCUT2D eigenvalue weighted by Crippen LogP contribution is 1.99. The number of carbonyl (C=O) groups excluding carboxylic acids is 1. The number of unbranched alkanes of at least 4 members (excludes halogenated alkanes) is 3. The molecule has 71 valence electrons. The minimum absolute atomic E-state index is 0.0628. The van der Waals surface area contributed by atoms with Crippen LogP contribution in [-0.2, 0) is 9.53 Å². The van der Waals surface area contributed by atoms with E-state index in [1.54, 1.807) is 0 Å².